The molecule has 0 spiro atoms. The average molecular weight is 510 g/mol. The lowest BCUT2D eigenvalue weighted by atomic mass is 10.1. The molecule has 2 aliphatic rings. The highest BCUT2D eigenvalue weighted by Crippen LogP contribution is 2.38. The average Bonchev–Trinajstić information content (AvgIpc) is 3.15. The second-order valence-corrected chi connectivity index (χ2v) is 11.8. The number of rotatable bonds is 6. The first-order valence-electron chi connectivity index (χ1n) is 10.9. The molecule has 10 nitrogen and oxygen atoms in total. The number of benzene rings is 2. The zero-order valence-corrected chi connectivity index (χ0v) is 20.6. The third-order valence-electron chi connectivity index (χ3n) is 5.74. The predicted molar refractivity (Wildman–Crippen MR) is 126 cm³/mol. The normalized spacial score (nSPS) is 19.0. The molecule has 0 radical (unpaired) electrons. The molecule has 4 rings (SSSR count). The number of anilines is 2. The topological polar surface area (TPSA) is 122 Å². The number of hydrogen-bond acceptors (Lipinski definition) is 7. The van der Waals surface area contributed by atoms with Crippen LogP contribution in [0.1, 0.15) is 19.4 Å². The van der Waals surface area contributed by atoms with Crippen LogP contribution < -0.4 is 9.62 Å². The monoisotopic (exact) mass is 509 g/mol. The number of nitrogens with zero attached hydrogens (tertiary/aromatic N) is 2. The minimum atomic E-state index is -3.91. The highest BCUT2D eigenvalue weighted by atomic mass is 32.2. The Bertz CT molecular complexity index is 1270. The summed E-state index contributed by atoms with van der Waals surface area (Å²) in [6.07, 6.45) is -0.230. The molecule has 0 aromatic heterocycles. The summed E-state index contributed by atoms with van der Waals surface area (Å²) in [6.45, 7) is 4.97. The van der Waals surface area contributed by atoms with Crippen LogP contribution in [0.5, 0.6) is 0 Å². The van der Waals surface area contributed by atoms with Crippen molar-refractivity contribution in [1.82, 2.24) is 4.31 Å². The van der Waals surface area contributed by atoms with E-state index in [1.807, 2.05) is 0 Å². The van der Waals surface area contributed by atoms with Gasteiger partial charge in [-0.25, -0.2) is 21.6 Å². The molecule has 2 heterocycles. The van der Waals surface area contributed by atoms with Crippen LogP contribution in [0.2, 0.25) is 0 Å². The van der Waals surface area contributed by atoms with Gasteiger partial charge < -0.3 is 9.47 Å². The molecule has 1 saturated heterocycles. The molecular weight excluding hydrogens is 482 g/mol. The van der Waals surface area contributed by atoms with Gasteiger partial charge in [-0.15, -0.1) is 0 Å². The van der Waals surface area contributed by atoms with Crippen molar-refractivity contribution >= 4 is 37.5 Å². The molecule has 0 bridgehead atoms. The van der Waals surface area contributed by atoms with Crippen molar-refractivity contribution in [2.75, 3.05) is 42.5 Å². The van der Waals surface area contributed by atoms with E-state index in [2.05, 4.69) is 5.32 Å². The second kappa shape index (κ2) is 9.53. The molecule has 2 aromatic rings. The summed E-state index contributed by atoms with van der Waals surface area (Å²) in [4.78, 5) is 11.8. The lowest BCUT2D eigenvalue weighted by molar-refractivity contribution is 0.0730. The molecule has 1 fully saturated rings. The van der Waals surface area contributed by atoms with E-state index in [1.165, 1.54) is 38.9 Å². The van der Waals surface area contributed by atoms with Gasteiger partial charge in [-0.2, -0.15) is 4.31 Å². The van der Waals surface area contributed by atoms with Crippen LogP contribution in [0.25, 0.3) is 0 Å². The van der Waals surface area contributed by atoms with Crippen LogP contribution in [-0.4, -0.2) is 66.2 Å². The Hall–Kier alpha value is -2.67. The fraction of sp³-hybridized carbons (Fsp3) is 0.409. The Morgan fingerprint density at radius 3 is 2.32 bits per heavy atom. The lowest BCUT2D eigenvalue weighted by Crippen LogP contribution is -2.40. The standard InChI is InChI=1S/C22H27N3O7S2/c1-3-32-22(26)23-18-4-6-19(7-5-18)34(29,30)25-16(2)14-17-15-20(8-9-21(17)25)33(27,28)24-10-12-31-13-11-24/h4-9,15-16H,3,10-14H2,1-2H3,(H,23,26)/t16-/m0/s1. The quantitative estimate of drug-likeness (QED) is 0.634. The van der Waals surface area contributed by atoms with Gasteiger partial charge in [0.2, 0.25) is 10.0 Å². The smallest absolute Gasteiger partial charge is 0.411 e. The van der Waals surface area contributed by atoms with Crippen LogP contribution >= 0.6 is 0 Å². The first kappa shape index (κ1) is 24.5. The maximum Gasteiger partial charge on any atom is 0.411 e. The second-order valence-electron chi connectivity index (χ2n) is 8.03. The Kier molecular flexibility index (Phi) is 6.85. The molecule has 0 unspecified atom stereocenters. The van der Waals surface area contributed by atoms with Gasteiger partial charge in [0.15, 0.2) is 0 Å². The van der Waals surface area contributed by atoms with Crippen molar-refractivity contribution in [2.45, 2.75) is 36.1 Å². The summed E-state index contributed by atoms with van der Waals surface area (Å²) in [5, 5.41) is 2.52. The van der Waals surface area contributed by atoms with E-state index in [-0.39, 0.29) is 29.5 Å². The number of carbonyl (C=O) groups is 1. The third-order valence-corrected chi connectivity index (χ3v) is 9.58. The van der Waals surface area contributed by atoms with Crippen molar-refractivity contribution in [1.29, 1.82) is 0 Å². The van der Waals surface area contributed by atoms with Crippen LogP contribution in [-0.2, 0) is 35.9 Å². The van der Waals surface area contributed by atoms with Gasteiger partial charge in [0, 0.05) is 24.8 Å². The van der Waals surface area contributed by atoms with Gasteiger partial charge in [-0.05, 0) is 68.3 Å². The van der Waals surface area contributed by atoms with E-state index in [9.17, 15) is 21.6 Å². The van der Waals surface area contributed by atoms with Crippen LogP contribution in [0.4, 0.5) is 16.2 Å². The summed E-state index contributed by atoms with van der Waals surface area (Å²) in [5.74, 6) is 0. The summed E-state index contributed by atoms with van der Waals surface area (Å²) in [7, 11) is -7.60. The van der Waals surface area contributed by atoms with Crippen molar-refractivity contribution < 1.29 is 31.1 Å². The Labute approximate surface area is 199 Å². The number of morpholine rings is 1. The van der Waals surface area contributed by atoms with Gasteiger partial charge in [0.05, 0.1) is 35.3 Å². The van der Waals surface area contributed by atoms with Gasteiger partial charge in [0.1, 0.15) is 0 Å². The molecule has 0 aliphatic carbocycles. The van der Waals surface area contributed by atoms with Gasteiger partial charge in [0.25, 0.3) is 10.0 Å². The number of ether oxygens (including phenoxy) is 2. The molecule has 1 amide bonds. The number of sulfonamides is 2. The Morgan fingerprint density at radius 2 is 1.68 bits per heavy atom. The van der Waals surface area contributed by atoms with E-state index < -0.39 is 32.2 Å². The Balaban J connectivity index is 1.60. The first-order chi connectivity index (χ1) is 16.1. The molecule has 2 aliphatic heterocycles. The van der Waals surface area contributed by atoms with Gasteiger partial charge >= 0.3 is 6.09 Å². The van der Waals surface area contributed by atoms with Crippen LogP contribution in [0.15, 0.2) is 52.3 Å². The largest absolute Gasteiger partial charge is 0.450 e. The molecule has 1 atom stereocenters. The number of nitrogens with one attached hydrogen (secondary N) is 1. The molecule has 12 heteroatoms. The van der Waals surface area contributed by atoms with E-state index in [1.54, 1.807) is 26.0 Å². The molecule has 2 aromatic carbocycles. The number of amides is 1. The molecular formula is C22H27N3O7S2. The van der Waals surface area contributed by atoms with E-state index in [4.69, 9.17) is 9.47 Å². The maximum absolute atomic E-state index is 13.4. The molecule has 34 heavy (non-hydrogen) atoms. The molecule has 0 saturated carbocycles. The van der Waals surface area contributed by atoms with Crippen molar-refractivity contribution in [3.8, 4) is 0 Å². The number of hydrogen-bond donors (Lipinski definition) is 1. The molecule has 1 N–H and O–H groups in total. The fourth-order valence-electron chi connectivity index (χ4n) is 4.15. The highest BCUT2D eigenvalue weighted by Gasteiger charge is 2.37. The zero-order chi connectivity index (χ0) is 24.5. The van der Waals surface area contributed by atoms with Crippen molar-refractivity contribution in [3.63, 3.8) is 0 Å². The van der Waals surface area contributed by atoms with E-state index >= 15 is 0 Å². The number of fused-ring (bicyclic) bond motifs is 1. The summed E-state index contributed by atoms with van der Waals surface area (Å²) in [5.41, 5.74) is 1.53. The minimum Gasteiger partial charge on any atom is -0.450 e. The SMILES string of the molecule is CCOC(=O)Nc1ccc(S(=O)(=O)N2c3ccc(S(=O)(=O)N4CCOCC4)cc3C[C@@H]2C)cc1. The van der Waals surface area contributed by atoms with Crippen LogP contribution in [0.3, 0.4) is 0 Å². The third kappa shape index (κ3) is 4.63. The first-order valence-corrected chi connectivity index (χ1v) is 13.8. The van der Waals surface area contributed by atoms with Crippen molar-refractivity contribution in [3.05, 3.63) is 48.0 Å². The summed E-state index contributed by atoms with van der Waals surface area (Å²) >= 11 is 0. The zero-order valence-electron chi connectivity index (χ0n) is 18.9. The van der Waals surface area contributed by atoms with Crippen molar-refractivity contribution in [2.24, 2.45) is 0 Å². The lowest BCUT2D eigenvalue weighted by Gasteiger charge is -2.26. The van der Waals surface area contributed by atoms with E-state index in [0.717, 1.165) is 0 Å². The maximum atomic E-state index is 13.4. The predicted octanol–water partition coefficient (Wildman–Crippen LogP) is 2.42. The fourth-order valence-corrected chi connectivity index (χ4v) is 7.30. The summed E-state index contributed by atoms with van der Waals surface area (Å²) in [6, 6.07) is 10.00. The molecule has 184 valence electrons. The van der Waals surface area contributed by atoms with Gasteiger partial charge in [-0.3, -0.25) is 9.62 Å². The van der Waals surface area contributed by atoms with E-state index in [0.29, 0.717) is 36.6 Å². The number of carbonyl (C=O) groups excluding carboxylic acids is 1. The summed E-state index contributed by atoms with van der Waals surface area (Å²) < 4.78 is 65.7. The highest BCUT2D eigenvalue weighted by molar-refractivity contribution is 7.93. The van der Waals surface area contributed by atoms with Crippen LogP contribution in [0, 0.1) is 0 Å². The van der Waals surface area contributed by atoms with Gasteiger partial charge in [-0.1, -0.05) is 0 Å². The minimum absolute atomic E-state index is 0.0617. The Morgan fingerprint density at radius 1 is 1.03 bits per heavy atom.